The summed E-state index contributed by atoms with van der Waals surface area (Å²) in [5.74, 6) is -1.19. The van der Waals surface area contributed by atoms with Gasteiger partial charge in [-0.3, -0.25) is 14.5 Å². The average Bonchev–Trinajstić information content (AvgIpc) is 2.45. The number of piperidine rings is 1. The van der Waals surface area contributed by atoms with Gasteiger partial charge in [0.25, 0.3) is 0 Å². The van der Waals surface area contributed by atoms with E-state index in [0.29, 0.717) is 5.69 Å². The molecule has 0 bridgehead atoms. The number of nitrogens with one attached hydrogen (secondary N) is 1. The Kier molecular flexibility index (Phi) is 4.39. The second-order valence-corrected chi connectivity index (χ2v) is 5.34. The molecule has 1 unspecified atom stereocenters. The zero-order valence-electron chi connectivity index (χ0n) is 11.6. The summed E-state index contributed by atoms with van der Waals surface area (Å²) < 4.78 is 0. The molecule has 1 aromatic rings. The predicted molar refractivity (Wildman–Crippen MR) is 76.7 cm³/mol. The van der Waals surface area contributed by atoms with Crippen LogP contribution >= 0.6 is 0 Å². The van der Waals surface area contributed by atoms with Gasteiger partial charge >= 0.3 is 5.97 Å². The number of amides is 1. The van der Waals surface area contributed by atoms with Gasteiger partial charge in [0.2, 0.25) is 5.91 Å². The molecule has 1 amide bonds. The van der Waals surface area contributed by atoms with Gasteiger partial charge in [0.15, 0.2) is 0 Å². The van der Waals surface area contributed by atoms with Crippen molar-refractivity contribution >= 4 is 17.6 Å². The number of benzene rings is 1. The molecule has 1 fully saturated rings. The molecule has 1 aliphatic heterocycles. The first-order valence-corrected chi connectivity index (χ1v) is 6.87. The van der Waals surface area contributed by atoms with Gasteiger partial charge in [0.1, 0.15) is 6.54 Å². The number of carboxylic acids is 1. The van der Waals surface area contributed by atoms with E-state index < -0.39 is 11.5 Å². The first kappa shape index (κ1) is 14.5. The minimum atomic E-state index is -1.01. The molecule has 2 N–H and O–H groups in total. The monoisotopic (exact) mass is 276 g/mol. The summed E-state index contributed by atoms with van der Waals surface area (Å²) in [6.45, 7) is 2.32. The van der Waals surface area contributed by atoms with Crippen molar-refractivity contribution in [2.75, 3.05) is 18.0 Å². The first-order chi connectivity index (χ1) is 9.53. The smallest absolute Gasteiger partial charge is 0.323 e. The summed E-state index contributed by atoms with van der Waals surface area (Å²) in [4.78, 5) is 25.2. The van der Waals surface area contributed by atoms with Crippen LogP contribution in [0.15, 0.2) is 30.3 Å². The Morgan fingerprint density at radius 2 is 2.00 bits per heavy atom. The maximum Gasteiger partial charge on any atom is 0.323 e. The van der Waals surface area contributed by atoms with E-state index in [4.69, 9.17) is 5.11 Å². The second-order valence-electron chi connectivity index (χ2n) is 5.34. The number of hydrogen-bond donors (Lipinski definition) is 2. The normalized spacial score (nSPS) is 22.2. The van der Waals surface area contributed by atoms with E-state index in [1.54, 1.807) is 24.3 Å². The number of carbonyl (C=O) groups is 2. The van der Waals surface area contributed by atoms with Crippen molar-refractivity contribution in [3.8, 4) is 0 Å². The molecule has 1 aromatic carbocycles. The summed E-state index contributed by atoms with van der Waals surface area (Å²) in [5, 5.41) is 12.3. The van der Waals surface area contributed by atoms with Gasteiger partial charge in [0, 0.05) is 5.69 Å². The van der Waals surface area contributed by atoms with E-state index in [0.717, 1.165) is 25.8 Å². The number of aliphatic carboxylic acids is 1. The molecule has 1 aliphatic rings. The topological polar surface area (TPSA) is 69.6 Å². The number of anilines is 1. The first-order valence-electron chi connectivity index (χ1n) is 6.87. The van der Waals surface area contributed by atoms with Crippen LogP contribution in [0.2, 0.25) is 0 Å². The molecule has 5 nitrogen and oxygen atoms in total. The maximum absolute atomic E-state index is 12.8. The van der Waals surface area contributed by atoms with E-state index in [1.807, 2.05) is 13.0 Å². The van der Waals surface area contributed by atoms with E-state index in [1.165, 1.54) is 4.90 Å². The summed E-state index contributed by atoms with van der Waals surface area (Å²) in [6, 6.07) is 8.95. The number of carbonyl (C=O) groups excluding carboxylic acids is 1. The number of hydrogen-bond acceptors (Lipinski definition) is 3. The number of carboxylic acid groups (broad SMARTS) is 1. The van der Waals surface area contributed by atoms with E-state index in [2.05, 4.69) is 5.32 Å². The third kappa shape index (κ3) is 3.17. The highest BCUT2D eigenvalue weighted by Crippen LogP contribution is 2.24. The van der Waals surface area contributed by atoms with Crippen molar-refractivity contribution in [1.29, 1.82) is 0 Å². The minimum Gasteiger partial charge on any atom is -0.480 e. The average molecular weight is 276 g/mol. The van der Waals surface area contributed by atoms with Crippen LogP contribution in [0.3, 0.4) is 0 Å². The molecule has 0 aromatic heterocycles. The molecule has 5 heteroatoms. The molecule has 1 saturated heterocycles. The minimum absolute atomic E-state index is 0.175. The van der Waals surface area contributed by atoms with Crippen molar-refractivity contribution in [3.63, 3.8) is 0 Å². The van der Waals surface area contributed by atoms with Crippen LogP contribution in [-0.2, 0) is 9.59 Å². The Hall–Kier alpha value is -1.88. The third-order valence-electron chi connectivity index (χ3n) is 3.70. The Morgan fingerprint density at radius 3 is 2.55 bits per heavy atom. The van der Waals surface area contributed by atoms with Gasteiger partial charge in [-0.25, -0.2) is 0 Å². The molecule has 2 rings (SSSR count). The Balaban J connectivity index is 2.26. The van der Waals surface area contributed by atoms with Crippen molar-refractivity contribution in [2.24, 2.45) is 0 Å². The molecule has 0 radical (unpaired) electrons. The predicted octanol–water partition coefficient (Wildman–Crippen LogP) is 1.64. The SMILES string of the molecule is CC1(C(=O)N(CC(=O)O)c2ccccc2)CCCCN1. The lowest BCUT2D eigenvalue weighted by Gasteiger charge is -2.37. The highest BCUT2D eigenvalue weighted by atomic mass is 16.4. The molecule has 0 aliphatic carbocycles. The maximum atomic E-state index is 12.8. The van der Waals surface area contributed by atoms with E-state index in [-0.39, 0.29) is 12.5 Å². The van der Waals surface area contributed by atoms with E-state index in [9.17, 15) is 9.59 Å². The number of para-hydroxylation sites is 1. The Morgan fingerprint density at radius 1 is 1.30 bits per heavy atom. The summed E-state index contributed by atoms with van der Waals surface area (Å²) >= 11 is 0. The fourth-order valence-corrected chi connectivity index (χ4v) is 2.56. The largest absolute Gasteiger partial charge is 0.480 e. The molecule has 1 atom stereocenters. The number of rotatable bonds is 4. The van der Waals surface area contributed by atoms with Crippen LogP contribution in [0.25, 0.3) is 0 Å². The van der Waals surface area contributed by atoms with Crippen LogP contribution in [0, 0.1) is 0 Å². The quantitative estimate of drug-likeness (QED) is 0.877. The van der Waals surface area contributed by atoms with Crippen LogP contribution in [0.5, 0.6) is 0 Å². The van der Waals surface area contributed by atoms with E-state index >= 15 is 0 Å². The van der Waals surface area contributed by atoms with Crippen molar-refractivity contribution in [1.82, 2.24) is 5.32 Å². The highest BCUT2D eigenvalue weighted by Gasteiger charge is 2.38. The van der Waals surface area contributed by atoms with Crippen molar-refractivity contribution < 1.29 is 14.7 Å². The summed E-state index contributed by atoms with van der Waals surface area (Å²) in [6.07, 6.45) is 2.76. The summed E-state index contributed by atoms with van der Waals surface area (Å²) in [7, 11) is 0. The molecule has 0 spiro atoms. The lowest BCUT2D eigenvalue weighted by atomic mass is 9.89. The van der Waals surface area contributed by atoms with Gasteiger partial charge in [0.05, 0.1) is 5.54 Å². The molecular weight excluding hydrogens is 256 g/mol. The van der Waals surface area contributed by atoms with Crippen molar-refractivity contribution in [3.05, 3.63) is 30.3 Å². The lowest BCUT2D eigenvalue weighted by molar-refractivity contribution is -0.137. The van der Waals surface area contributed by atoms with Crippen LogP contribution in [-0.4, -0.2) is 35.6 Å². The number of nitrogens with zero attached hydrogens (tertiary/aromatic N) is 1. The van der Waals surface area contributed by atoms with Crippen LogP contribution in [0.1, 0.15) is 26.2 Å². The molecule has 108 valence electrons. The lowest BCUT2D eigenvalue weighted by Crippen LogP contribution is -2.59. The summed E-state index contributed by atoms with van der Waals surface area (Å²) in [5.41, 5.74) is -0.0581. The van der Waals surface area contributed by atoms with Gasteiger partial charge in [-0.1, -0.05) is 18.2 Å². The van der Waals surface area contributed by atoms with Gasteiger partial charge in [-0.2, -0.15) is 0 Å². The third-order valence-corrected chi connectivity index (χ3v) is 3.70. The Labute approximate surface area is 118 Å². The van der Waals surface area contributed by atoms with Crippen molar-refractivity contribution in [2.45, 2.75) is 31.7 Å². The molecule has 20 heavy (non-hydrogen) atoms. The highest BCUT2D eigenvalue weighted by molar-refractivity contribution is 6.02. The Bertz CT molecular complexity index is 481. The molecule has 0 saturated carbocycles. The fourth-order valence-electron chi connectivity index (χ4n) is 2.56. The second kappa shape index (κ2) is 6.05. The standard InChI is InChI=1S/C15H20N2O3/c1-15(9-5-6-10-16-15)14(20)17(11-13(18)19)12-7-3-2-4-8-12/h2-4,7-8,16H,5-6,9-11H2,1H3,(H,18,19). The zero-order valence-corrected chi connectivity index (χ0v) is 11.6. The fraction of sp³-hybridized carbons (Fsp3) is 0.467. The van der Waals surface area contributed by atoms with Gasteiger partial charge < -0.3 is 10.4 Å². The molecule has 1 heterocycles. The molecular formula is C15H20N2O3. The van der Waals surface area contributed by atoms with Gasteiger partial charge in [-0.05, 0) is 44.9 Å². The van der Waals surface area contributed by atoms with Crippen LogP contribution < -0.4 is 10.2 Å². The zero-order chi connectivity index (χ0) is 14.6. The van der Waals surface area contributed by atoms with Crippen LogP contribution in [0.4, 0.5) is 5.69 Å². The van der Waals surface area contributed by atoms with Gasteiger partial charge in [-0.15, -0.1) is 0 Å².